The molecule has 0 aromatic rings. The molecule has 0 N–H and O–H groups in total. The highest BCUT2D eigenvalue weighted by Crippen LogP contribution is 2.18. The van der Waals surface area contributed by atoms with Gasteiger partial charge in [-0.3, -0.25) is 9.59 Å². The van der Waals surface area contributed by atoms with E-state index in [0.717, 1.165) is 32.1 Å². The molecular weight excluding hydrogens is 813 g/mol. The third-order valence-electron chi connectivity index (χ3n) is 14.1. The predicted molar refractivity (Wildman–Crippen MR) is 289 cm³/mol. The van der Waals surface area contributed by atoms with Crippen molar-refractivity contribution in [2.75, 3.05) is 19.8 Å². The zero-order valence-electron chi connectivity index (χ0n) is 45.5. The molecule has 0 fully saturated rings. The van der Waals surface area contributed by atoms with Crippen molar-refractivity contribution < 1.29 is 23.8 Å². The molecule has 1 unspecified atom stereocenters. The summed E-state index contributed by atoms with van der Waals surface area (Å²) in [4.78, 5) is 25.5. The number of carbonyl (C=O) groups excluding carboxylic acids is 2. The fourth-order valence-electron chi connectivity index (χ4n) is 9.57. The quantitative estimate of drug-likeness (QED) is 0.0449. The molecule has 0 saturated heterocycles. The van der Waals surface area contributed by atoms with E-state index < -0.39 is 6.10 Å². The maximum Gasteiger partial charge on any atom is 0.306 e. The van der Waals surface area contributed by atoms with E-state index >= 15 is 0 Å². The maximum atomic E-state index is 12.9. The standard InChI is InChI=1S/C61H120O5/c1-4-7-10-13-16-19-22-25-27-29-31-33-35-37-39-42-45-48-51-54-60(62)65-58-59(57-64-56-53-50-47-44-41-24-21-18-15-12-9-6-3)66-61(63)55-52-49-46-43-40-38-36-34-32-30-28-26-23-20-17-14-11-8-5-2/h59H,4-58H2,1-3H3. The van der Waals surface area contributed by atoms with Crippen LogP contribution in [-0.4, -0.2) is 37.9 Å². The summed E-state index contributed by atoms with van der Waals surface area (Å²) in [5.74, 6) is -0.362. The maximum absolute atomic E-state index is 12.9. The Morgan fingerprint density at radius 1 is 0.273 bits per heavy atom. The fraction of sp³-hybridized carbons (Fsp3) is 0.967. The Hall–Kier alpha value is -1.10. The Morgan fingerprint density at radius 2 is 0.500 bits per heavy atom. The zero-order chi connectivity index (χ0) is 47.7. The molecule has 0 spiro atoms. The molecule has 0 aliphatic rings. The van der Waals surface area contributed by atoms with Crippen LogP contribution in [0, 0.1) is 0 Å². The molecule has 1 atom stereocenters. The number of hydrogen-bond donors (Lipinski definition) is 0. The minimum atomic E-state index is -0.524. The highest BCUT2D eigenvalue weighted by Gasteiger charge is 2.18. The number of ether oxygens (including phenoxy) is 3. The van der Waals surface area contributed by atoms with Crippen molar-refractivity contribution in [3.8, 4) is 0 Å². The number of carbonyl (C=O) groups is 2. The molecular formula is C61H120O5. The van der Waals surface area contributed by atoms with Crippen molar-refractivity contribution in [2.45, 2.75) is 361 Å². The first kappa shape index (κ1) is 64.9. The molecule has 0 bridgehead atoms. The topological polar surface area (TPSA) is 61.8 Å². The Kier molecular flexibility index (Phi) is 57.2. The third-order valence-corrected chi connectivity index (χ3v) is 14.1. The van der Waals surface area contributed by atoms with Crippen LogP contribution in [0.25, 0.3) is 0 Å². The lowest BCUT2D eigenvalue weighted by Crippen LogP contribution is -2.30. The van der Waals surface area contributed by atoms with E-state index in [9.17, 15) is 9.59 Å². The molecule has 66 heavy (non-hydrogen) atoms. The summed E-state index contributed by atoms with van der Waals surface area (Å²) in [6.45, 7) is 7.93. The summed E-state index contributed by atoms with van der Waals surface area (Å²) in [5.41, 5.74) is 0. The largest absolute Gasteiger partial charge is 0.462 e. The number of unbranched alkanes of at least 4 members (excludes halogenated alkanes) is 47. The van der Waals surface area contributed by atoms with Crippen LogP contribution in [0.3, 0.4) is 0 Å². The van der Waals surface area contributed by atoms with Gasteiger partial charge in [-0.1, -0.05) is 323 Å². The molecule has 394 valence electrons. The van der Waals surface area contributed by atoms with Gasteiger partial charge in [0.25, 0.3) is 0 Å². The first-order valence-electron chi connectivity index (χ1n) is 30.6. The van der Waals surface area contributed by atoms with Crippen LogP contribution in [0.15, 0.2) is 0 Å². The average molecular weight is 934 g/mol. The van der Waals surface area contributed by atoms with Crippen LogP contribution < -0.4 is 0 Å². The van der Waals surface area contributed by atoms with Crippen LogP contribution in [0.2, 0.25) is 0 Å². The van der Waals surface area contributed by atoms with Gasteiger partial charge in [-0.05, 0) is 19.3 Å². The van der Waals surface area contributed by atoms with E-state index in [1.165, 1.54) is 289 Å². The summed E-state index contributed by atoms with van der Waals surface area (Å²) in [7, 11) is 0. The molecule has 0 heterocycles. The monoisotopic (exact) mass is 933 g/mol. The smallest absolute Gasteiger partial charge is 0.306 e. The summed E-state index contributed by atoms with van der Waals surface area (Å²) < 4.78 is 17.5. The van der Waals surface area contributed by atoms with Crippen molar-refractivity contribution in [3.05, 3.63) is 0 Å². The van der Waals surface area contributed by atoms with Crippen LogP contribution in [0.5, 0.6) is 0 Å². The van der Waals surface area contributed by atoms with Gasteiger partial charge in [-0.25, -0.2) is 0 Å². The predicted octanol–water partition coefficient (Wildman–Crippen LogP) is 20.8. The summed E-state index contributed by atoms with van der Waals surface area (Å²) in [6, 6.07) is 0. The van der Waals surface area contributed by atoms with Crippen molar-refractivity contribution in [1.82, 2.24) is 0 Å². The van der Waals surface area contributed by atoms with E-state index in [0.29, 0.717) is 26.1 Å². The summed E-state index contributed by atoms with van der Waals surface area (Å²) in [5, 5.41) is 0. The van der Waals surface area contributed by atoms with Crippen molar-refractivity contribution in [3.63, 3.8) is 0 Å². The molecule has 0 aliphatic carbocycles. The Balaban J connectivity index is 4.13. The van der Waals surface area contributed by atoms with Gasteiger partial charge in [-0.15, -0.1) is 0 Å². The molecule has 0 rings (SSSR count). The van der Waals surface area contributed by atoms with Gasteiger partial charge < -0.3 is 14.2 Å². The second-order valence-corrected chi connectivity index (χ2v) is 21.0. The van der Waals surface area contributed by atoms with Crippen molar-refractivity contribution in [2.24, 2.45) is 0 Å². The molecule has 0 aromatic carbocycles. The van der Waals surface area contributed by atoms with E-state index in [2.05, 4.69) is 20.8 Å². The van der Waals surface area contributed by atoms with E-state index in [1.54, 1.807) is 0 Å². The van der Waals surface area contributed by atoms with Gasteiger partial charge in [0.15, 0.2) is 6.10 Å². The second kappa shape index (κ2) is 58.2. The van der Waals surface area contributed by atoms with Gasteiger partial charge in [0.2, 0.25) is 0 Å². The normalized spacial score (nSPS) is 12.0. The average Bonchev–Trinajstić information content (AvgIpc) is 3.32. The van der Waals surface area contributed by atoms with Crippen molar-refractivity contribution in [1.29, 1.82) is 0 Å². The van der Waals surface area contributed by atoms with Gasteiger partial charge in [-0.2, -0.15) is 0 Å². The van der Waals surface area contributed by atoms with Gasteiger partial charge in [0.05, 0.1) is 6.61 Å². The van der Waals surface area contributed by atoms with E-state index in [1.807, 2.05) is 0 Å². The molecule has 0 saturated carbocycles. The summed E-state index contributed by atoms with van der Waals surface area (Å²) >= 11 is 0. The second-order valence-electron chi connectivity index (χ2n) is 21.0. The highest BCUT2D eigenvalue weighted by molar-refractivity contribution is 5.70. The lowest BCUT2D eigenvalue weighted by Gasteiger charge is -2.18. The molecule has 0 aromatic heterocycles. The zero-order valence-corrected chi connectivity index (χ0v) is 45.5. The van der Waals surface area contributed by atoms with Crippen molar-refractivity contribution >= 4 is 11.9 Å². The fourth-order valence-corrected chi connectivity index (χ4v) is 9.57. The van der Waals surface area contributed by atoms with Crippen LogP contribution in [0.1, 0.15) is 355 Å². The highest BCUT2D eigenvalue weighted by atomic mass is 16.6. The minimum absolute atomic E-state index is 0.0985. The molecule has 0 aliphatic heterocycles. The van der Waals surface area contributed by atoms with E-state index in [-0.39, 0.29) is 18.5 Å². The van der Waals surface area contributed by atoms with Gasteiger partial charge in [0, 0.05) is 19.4 Å². The molecule has 5 heteroatoms. The molecule has 0 radical (unpaired) electrons. The number of esters is 2. The minimum Gasteiger partial charge on any atom is -0.462 e. The third kappa shape index (κ3) is 55.5. The van der Waals surface area contributed by atoms with E-state index in [4.69, 9.17) is 14.2 Å². The lowest BCUT2D eigenvalue weighted by atomic mass is 10.0. The number of rotatable bonds is 58. The van der Waals surface area contributed by atoms with Gasteiger partial charge >= 0.3 is 11.9 Å². The molecule has 5 nitrogen and oxygen atoms in total. The number of hydrogen-bond acceptors (Lipinski definition) is 5. The first-order valence-corrected chi connectivity index (χ1v) is 30.6. The van der Waals surface area contributed by atoms with Gasteiger partial charge in [0.1, 0.15) is 6.61 Å². The van der Waals surface area contributed by atoms with Crippen LogP contribution >= 0.6 is 0 Å². The van der Waals surface area contributed by atoms with Crippen LogP contribution in [-0.2, 0) is 23.8 Å². The first-order chi connectivity index (χ1) is 32.6. The van der Waals surface area contributed by atoms with Crippen LogP contribution in [0.4, 0.5) is 0 Å². The SMILES string of the molecule is CCCCCCCCCCCCCCCCCCCCCC(=O)OCC(COCCCCCCCCCCCCCC)OC(=O)CCCCCCCCCCCCCCCCCCCCC. The Bertz CT molecular complexity index is 921. The Labute approximate surface area is 414 Å². The molecule has 0 amide bonds. The summed E-state index contributed by atoms with van der Waals surface area (Å²) in [6.07, 6.45) is 67.0. The lowest BCUT2D eigenvalue weighted by molar-refractivity contribution is -0.163. The Morgan fingerprint density at radius 3 is 0.773 bits per heavy atom.